The maximum Gasteiger partial charge on any atom is 0.394 e. The first kappa shape index (κ1) is 25.6. The van der Waals surface area contributed by atoms with Gasteiger partial charge in [0.05, 0.1) is 5.69 Å². The van der Waals surface area contributed by atoms with E-state index in [1.165, 1.54) is 11.1 Å². The molecule has 4 rings (SSSR count). The quantitative estimate of drug-likeness (QED) is 0.339. The molecule has 3 aromatic carbocycles. The summed E-state index contributed by atoms with van der Waals surface area (Å²) in [5.41, 5.74) is 6.76. The predicted molar refractivity (Wildman–Crippen MR) is 136 cm³/mol. The van der Waals surface area contributed by atoms with E-state index >= 15 is 0 Å². The van der Waals surface area contributed by atoms with Crippen molar-refractivity contribution in [2.75, 3.05) is 0 Å². The van der Waals surface area contributed by atoms with Crippen LogP contribution < -0.4 is 0 Å². The molecule has 0 unspecified atom stereocenters. The van der Waals surface area contributed by atoms with Gasteiger partial charge in [-0.05, 0) is 46.6 Å². The molecule has 4 aromatic rings. The first-order valence-electron chi connectivity index (χ1n) is 11.0. The van der Waals surface area contributed by atoms with E-state index in [1.54, 1.807) is 4.80 Å². The molecule has 0 aliphatic carbocycles. The highest BCUT2D eigenvalue weighted by atomic mass is 32.3. The van der Waals surface area contributed by atoms with E-state index < -0.39 is 10.4 Å². The summed E-state index contributed by atoms with van der Waals surface area (Å²) in [6.45, 7) is 11.6. The number of rotatable bonds is 4. The molecule has 1 aromatic heterocycles. The van der Waals surface area contributed by atoms with Crippen molar-refractivity contribution in [3.8, 4) is 16.8 Å². The van der Waals surface area contributed by atoms with Crippen LogP contribution in [-0.4, -0.2) is 32.5 Å². The van der Waals surface area contributed by atoms with Crippen molar-refractivity contribution in [3.63, 3.8) is 0 Å². The molecule has 0 fully saturated rings. The third kappa shape index (κ3) is 6.96. The normalized spacial score (nSPS) is 12.3. The highest BCUT2D eigenvalue weighted by molar-refractivity contribution is 7.79. The van der Waals surface area contributed by atoms with Gasteiger partial charge in [0.2, 0.25) is 0 Å². The Bertz CT molecular complexity index is 1330. The van der Waals surface area contributed by atoms with Crippen LogP contribution in [0.5, 0.6) is 0 Å². The van der Waals surface area contributed by atoms with Crippen LogP contribution >= 0.6 is 0 Å². The maximum atomic E-state index is 8.74. The molecular weight excluding hydrogens is 450 g/mol. The van der Waals surface area contributed by atoms with Crippen LogP contribution in [0.25, 0.3) is 27.8 Å². The molecule has 0 aliphatic heterocycles. The molecule has 7 nitrogen and oxygen atoms in total. The lowest BCUT2D eigenvalue weighted by Gasteiger charge is -2.33. The topological polar surface area (TPSA) is 105 Å². The Morgan fingerprint density at radius 1 is 0.794 bits per heavy atom. The summed E-state index contributed by atoms with van der Waals surface area (Å²) >= 11 is 0. The van der Waals surface area contributed by atoms with Crippen molar-refractivity contribution in [2.24, 2.45) is 5.41 Å². The number of hydrogen-bond acceptors (Lipinski definition) is 4. The molecule has 0 saturated heterocycles. The summed E-state index contributed by atoms with van der Waals surface area (Å²) in [7, 11) is -4.67. The van der Waals surface area contributed by atoms with Crippen LogP contribution in [-0.2, 0) is 15.8 Å². The van der Waals surface area contributed by atoms with Crippen LogP contribution in [0.15, 0.2) is 72.8 Å². The van der Waals surface area contributed by atoms with Gasteiger partial charge in [-0.1, -0.05) is 89.2 Å². The van der Waals surface area contributed by atoms with Gasteiger partial charge in [0.15, 0.2) is 0 Å². The summed E-state index contributed by atoms with van der Waals surface area (Å²) in [6.07, 6.45) is 1.10. The molecule has 0 amide bonds. The molecule has 8 heteroatoms. The second-order valence-corrected chi connectivity index (χ2v) is 11.0. The Labute approximate surface area is 201 Å². The molecule has 0 aliphatic rings. The Hall–Kier alpha value is -3.07. The Kier molecular flexibility index (Phi) is 7.26. The van der Waals surface area contributed by atoms with Gasteiger partial charge in [-0.3, -0.25) is 9.11 Å². The minimum absolute atomic E-state index is 0.0504. The van der Waals surface area contributed by atoms with Crippen LogP contribution in [0.2, 0.25) is 0 Å². The predicted octanol–water partition coefficient (Wildman–Crippen LogP) is 6.15. The van der Waals surface area contributed by atoms with Gasteiger partial charge < -0.3 is 0 Å². The lowest BCUT2D eigenvalue weighted by molar-refractivity contribution is 0.284. The number of hydrogen-bond donors (Lipinski definition) is 2. The van der Waals surface area contributed by atoms with E-state index in [9.17, 15) is 0 Å². The fourth-order valence-corrected chi connectivity index (χ4v) is 4.38. The van der Waals surface area contributed by atoms with Gasteiger partial charge in [-0.25, -0.2) is 0 Å². The summed E-state index contributed by atoms with van der Waals surface area (Å²) in [5.74, 6) is 0. The lowest BCUT2D eigenvalue weighted by Crippen LogP contribution is -2.25. The third-order valence-corrected chi connectivity index (χ3v) is 5.34. The van der Waals surface area contributed by atoms with Gasteiger partial charge in [0.25, 0.3) is 0 Å². The summed E-state index contributed by atoms with van der Waals surface area (Å²) in [5, 5.41) is 9.54. The van der Waals surface area contributed by atoms with Crippen molar-refractivity contribution < 1.29 is 17.5 Å². The highest BCUT2D eigenvalue weighted by Gasteiger charge is 2.28. The largest absolute Gasteiger partial charge is 0.394 e. The molecule has 2 N–H and O–H groups in total. The van der Waals surface area contributed by atoms with Crippen LogP contribution in [0.4, 0.5) is 0 Å². The smallest absolute Gasteiger partial charge is 0.264 e. The van der Waals surface area contributed by atoms with E-state index in [4.69, 9.17) is 27.7 Å². The zero-order chi connectivity index (χ0) is 25.1. The van der Waals surface area contributed by atoms with E-state index in [0.717, 1.165) is 28.7 Å². The van der Waals surface area contributed by atoms with E-state index in [2.05, 4.69) is 77.1 Å². The van der Waals surface area contributed by atoms with Gasteiger partial charge in [-0.2, -0.15) is 8.42 Å². The fraction of sp³-hybridized carbons (Fsp3) is 0.308. The van der Waals surface area contributed by atoms with Gasteiger partial charge in [0, 0.05) is 5.56 Å². The highest BCUT2D eigenvalue weighted by Crippen LogP contribution is 2.38. The maximum absolute atomic E-state index is 8.74. The van der Waals surface area contributed by atoms with Gasteiger partial charge in [0.1, 0.15) is 11.0 Å². The second-order valence-electron chi connectivity index (χ2n) is 10.1. The number of nitrogens with zero attached hydrogens (tertiary/aromatic N) is 3. The standard InChI is InChI=1S/C26H29N3.H2O4S/c1-25(2,3)18-26(4,5)20-15-16-21(19-11-7-6-8-12-19)24(17-20)29-27-22-13-9-10-14-23(22)28-29;1-5(2,3)4/h6-17H,18H2,1-5H3;(H2,1,2,3,4). The number of fused-ring (bicyclic) bond motifs is 1. The van der Waals surface area contributed by atoms with Gasteiger partial charge >= 0.3 is 10.4 Å². The zero-order valence-electron chi connectivity index (χ0n) is 20.1. The molecule has 0 saturated carbocycles. The third-order valence-electron chi connectivity index (χ3n) is 5.34. The summed E-state index contributed by atoms with van der Waals surface area (Å²) in [6, 6.07) is 25.3. The van der Waals surface area contributed by atoms with Crippen molar-refractivity contribution in [2.45, 2.75) is 46.5 Å². The summed E-state index contributed by atoms with van der Waals surface area (Å²) in [4.78, 5) is 1.80. The minimum atomic E-state index is -4.67. The minimum Gasteiger partial charge on any atom is -0.264 e. The Morgan fingerprint density at radius 2 is 1.29 bits per heavy atom. The average molecular weight is 482 g/mol. The molecule has 0 spiro atoms. The first-order valence-corrected chi connectivity index (χ1v) is 12.3. The van der Waals surface area contributed by atoms with Crippen LogP contribution in [0, 0.1) is 5.41 Å². The lowest BCUT2D eigenvalue weighted by atomic mass is 9.72. The van der Waals surface area contributed by atoms with E-state index in [-0.39, 0.29) is 10.8 Å². The van der Waals surface area contributed by atoms with Crippen molar-refractivity contribution in [1.29, 1.82) is 0 Å². The molecular formula is C26H31N3O4S. The monoisotopic (exact) mass is 481 g/mol. The number of aromatic nitrogens is 3. The van der Waals surface area contributed by atoms with Crippen molar-refractivity contribution in [1.82, 2.24) is 15.0 Å². The summed E-state index contributed by atoms with van der Waals surface area (Å²) < 4.78 is 31.6. The molecule has 0 atom stereocenters. The molecule has 34 heavy (non-hydrogen) atoms. The molecule has 0 radical (unpaired) electrons. The van der Waals surface area contributed by atoms with Gasteiger partial charge in [-0.15, -0.1) is 15.0 Å². The van der Waals surface area contributed by atoms with Crippen molar-refractivity contribution in [3.05, 3.63) is 78.4 Å². The zero-order valence-corrected chi connectivity index (χ0v) is 20.9. The average Bonchev–Trinajstić information content (AvgIpc) is 3.15. The molecule has 0 bridgehead atoms. The van der Waals surface area contributed by atoms with E-state index in [1.807, 2.05) is 30.3 Å². The SMILES string of the molecule is CC(C)(C)CC(C)(C)c1ccc(-c2ccccc2)c(-n2nc3ccccc3n2)c1.O=S(=O)(O)O. The Balaban J connectivity index is 0.000000588. The second kappa shape index (κ2) is 9.66. The first-order chi connectivity index (χ1) is 15.7. The number of benzene rings is 3. The van der Waals surface area contributed by atoms with E-state index in [0.29, 0.717) is 0 Å². The van der Waals surface area contributed by atoms with Crippen LogP contribution in [0.3, 0.4) is 0 Å². The Morgan fingerprint density at radius 3 is 1.79 bits per heavy atom. The van der Waals surface area contributed by atoms with Crippen molar-refractivity contribution >= 4 is 21.4 Å². The molecule has 1 heterocycles. The fourth-order valence-electron chi connectivity index (χ4n) is 4.38. The molecule has 180 valence electrons. The van der Waals surface area contributed by atoms with Crippen LogP contribution in [0.1, 0.15) is 46.6 Å².